The molecule has 5 rings (SSSR count). The number of aliphatic hydroxyl groups is 1. The number of nitrogens with one attached hydrogen (secondary N) is 1. The molecule has 4 bridgehead atoms. The fourth-order valence-corrected chi connectivity index (χ4v) is 11.9. The first kappa shape index (κ1) is 57.3. The summed E-state index contributed by atoms with van der Waals surface area (Å²) in [4.78, 5) is 73.9. The standard InChI is InChI=1S/C48H64ClN5O16S2/c1-28-11-10-12-38(66-9)48(60)27-37(68-46(59)51-48)29(2)43-47(5,70-43)39(26-41(56)54(7)35-24-32(23-28)25-36(65-8)42(35)49)69-45(58)31(4)53(6)44(57)34-15-13-33(14-16-34)30(3)52-67-18-20-72(63,64)22-21-71(61,62)19-17-40(50)55/h10-16,24-25,29,31,37-39,43,60H,17-23,26-27H2,1-9H3,(H2,50,55)(H,51,59)/b12-10+,28-11+,52-30+/t29-,31+,37?,38-,39+,43-,47+,48+/m1/s1. The lowest BCUT2D eigenvalue weighted by Crippen LogP contribution is -2.63. The maximum atomic E-state index is 14.4. The number of likely N-dealkylation sites (N-methyl/N-ethyl adjacent to an activating group) is 1. The van der Waals surface area contributed by atoms with Crippen LogP contribution in [0.1, 0.15) is 75.4 Å². The van der Waals surface area contributed by atoms with Gasteiger partial charge in [-0.15, -0.1) is 0 Å². The Morgan fingerprint density at radius 2 is 1.69 bits per heavy atom. The number of nitrogens with two attached hydrogens (primary N) is 1. The summed E-state index contributed by atoms with van der Waals surface area (Å²) in [5.41, 5.74) is 4.75. The third-order valence-electron chi connectivity index (χ3n) is 13.1. The van der Waals surface area contributed by atoms with Gasteiger partial charge >= 0.3 is 12.1 Å². The Labute approximate surface area is 424 Å². The highest BCUT2D eigenvalue weighted by atomic mass is 35.5. The number of carbonyl (C=O) groups is 5. The van der Waals surface area contributed by atoms with Crippen molar-refractivity contribution in [1.82, 2.24) is 10.2 Å². The summed E-state index contributed by atoms with van der Waals surface area (Å²) in [5.74, 6) is -5.43. The second-order valence-electron chi connectivity index (χ2n) is 18.4. The molecule has 2 fully saturated rings. The number of amides is 4. The van der Waals surface area contributed by atoms with Crippen molar-refractivity contribution in [3.05, 3.63) is 81.9 Å². The van der Waals surface area contributed by atoms with E-state index in [1.807, 2.05) is 13.0 Å². The molecule has 0 saturated carbocycles. The largest absolute Gasteiger partial charge is 0.495 e. The minimum absolute atomic E-state index is 0.115. The van der Waals surface area contributed by atoms with Gasteiger partial charge in [0.05, 0.1) is 54.0 Å². The highest BCUT2D eigenvalue weighted by Gasteiger charge is 2.64. The van der Waals surface area contributed by atoms with Gasteiger partial charge in [0.15, 0.2) is 25.4 Å². The van der Waals surface area contributed by atoms with E-state index in [1.165, 1.54) is 57.2 Å². The topological polar surface area (TPSA) is 289 Å². The summed E-state index contributed by atoms with van der Waals surface area (Å²) >= 11 is 6.80. The van der Waals surface area contributed by atoms with Crippen molar-refractivity contribution in [3.63, 3.8) is 0 Å². The van der Waals surface area contributed by atoms with Gasteiger partial charge in [0.1, 0.15) is 47.3 Å². The van der Waals surface area contributed by atoms with E-state index in [9.17, 15) is 45.9 Å². The molecule has 1 unspecified atom stereocenters. The SMILES string of the molecule is COc1cc2cc(c1Cl)N(C)C(=O)C[C@H](OC(=O)[C@H](C)N(C)C(=O)c1ccc(/C(C)=N/OCCS(=O)(=O)CCS(=O)(=O)CCC(N)=O)cc1)[C@]1(C)O[C@@H]1[C@H](C)C1C[C@@](O)(NC(=O)O1)[C@H](OC)/C=C/C=C(\C)C2. The molecule has 21 nitrogen and oxygen atoms in total. The van der Waals surface area contributed by atoms with Crippen molar-refractivity contribution >= 4 is 72.5 Å². The van der Waals surface area contributed by atoms with Crippen molar-refractivity contribution < 1.29 is 74.4 Å². The van der Waals surface area contributed by atoms with Crippen LogP contribution in [0.3, 0.4) is 0 Å². The van der Waals surface area contributed by atoms with Gasteiger partial charge in [-0.2, -0.15) is 0 Å². The fourth-order valence-electron chi connectivity index (χ4n) is 8.31. The van der Waals surface area contributed by atoms with Crippen molar-refractivity contribution in [2.24, 2.45) is 16.8 Å². The summed E-state index contributed by atoms with van der Waals surface area (Å²) in [6, 6.07) is 8.44. The van der Waals surface area contributed by atoms with E-state index in [0.29, 0.717) is 29.1 Å². The van der Waals surface area contributed by atoms with Crippen LogP contribution in [-0.2, 0) is 64.3 Å². The smallest absolute Gasteiger partial charge is 0.409 e. The molecule has 3 heterocycles. The van der Waals surface area contributed by atoms with E-state index in [1.54, 1.807) is 57.2 Å². The number of anilines is 1. The molecule has 0 radical (unpaired) electrons. The molecule has 4 amide bonds. The molecular formula is C48H64ClN5O16S2. The van der Waals surface area contributed by atoms with E-state index in [0.717, 1.165) is 11.1 Å². The number of nitrogens with zero attached hydrogens (tertiary/aromatic N) is 3. The maximum Gasteiger partial charge on any atom is 0.409 e. The van der Waals surface area contributed by atoms with Crippen LogP contribution in [0.25, 0.3) is 0 Å². The Morgan fingerprint density at radius 3 is 2.32 bits per heavy atom. The van der Waals surface area contributed by atoms with Crippen molar-refractivity contribution in [3.8, 4) is 5.75 Å². The van der Waals surface area contributed by atoms with Gasteiger partial charge in [0.25, 0.3) is 5.91 Å². The zero-order valence-corrected chi connectivity index (χ0v) is 44.1. The normalized spacial score (nSPS) is 26.7. The molecule has 8 atom stereocenters. The van der Waals surface area contributed by atoms with Gasteiger partial charge in [0, 0.05) is 45.5 Å². The number of primary amides is 1. The van der Waals surface area contributed by atoms with Gasteiger partial charge in [0.2, 0.25) is 11.8 Å². The first-order valence-corrected chi connectivity index (χ1v) is 27.0. The van der Waals surface area contributed by atoms with Crippen LogP contribution < -0.4 is 20.7 Å². The molecule has 4 N–H and O–H groups in total. The van der Waals surface area contributed by atoms with Gasteiger partial charge in [-0.05, 0) is 69.5 Å². The lowest BCUT2D eigenvalue weighted by Gasteiger charge is -2.42. The molecule has 2 aromatic carbocycles. The number of methoxy groups -OCH3 is 2. The monoisotopic (exact) mass is 1070 g/mol. The zero-order chi connectivity index (χ0) is 53.5. The molecule has 396 valence electrons. The Hall–Kier alpha value is -5.59. The first-order valence-electron chi connectivity index (χ1n) is 23.0. The molecule has 3 aliphatic heterocycles. The molecule has 3 aliphatic rings. The number of esters is 1. The Morgan fingerprint density at radius 1 is 1.06 bits per heavy atom. The van der Waals surface area contributed by atoms with Gasteiger partial charge < -0.3 is 49.2 Å². The van der Waals surface area contributed by atoms with Crippen LogP contribution in [0.15, 0.2) is 65.4 Å². The van der Waals surface area contributed by atoms with Gasteiger partial charge in [-0.3, -0.25) is 19.7 Å². The highest BCUT2D eigenvalue weighted by molar-refractivity contribution is 7.95. The second-order valence-corrected chi connectivity index (χ2v) is 23.4. The molecule has 2 saturated heterocycles. The van der Waals surface area contributed by atoms with Gasteiger partial charge in [-0.1, -0.05) is 59.6 Å². The molecule has 0 spiro atoms. The number of alkyl carbamates (subject to hydrolysis) is 1. The lowest BCUT2D eigenvalue weighted by molar-refractivity contribution is -0.158. The third-order valence-corrected chi connectivity index (χ3v) is 17.0. The average Bonchev–Trinajstić information content (AvgIpc) is 4.03. The number of halogens is 1. The molecule has 72 heavy (non-hydrogen) atoms. The molecule has 0 aromatic heterocycles. The average molecular weight is 1070 g/mol. The summed E-state index contributed by atoms with van der Waals surface area (Å²) in [6.07, 6.45) is -0.201. The quantitative estimate of drug-likeness (QED) is 0.0674. The predicted molar refractivity (Wildman–Crippen MR) is 266 cm³/mol. The molecule has 0 aliphatic carbocycles. The van der Waals surface area contributed by atoms with E-state index in [4.69, 9.17) is 45.9 Å². The van der Waals surface area contributed by atoms with Crippen molar-refractivity contribution in [2.75, 3.05) is 62.8 Å². The van der Waals surface area contributed by atoms with E-state index in [2.05, 4.69) is 10.5 Å². The maximum absolute atomic E-state index is 14.4. The van der Waals surface area contributed by atoms with Crippen LogP contribution in [0.2, 0.25) is 5.02 Å². The number of rotatable bonds is 17. The Bertz CT molecular complexity index is 2700. The number of hydrogen-bond donors (Lipinski definition) is 3. The van der Waals surface area contributed by atoms with E-state index < -0.39 is 133 Å². The van der Waals surface area contributed by atoms with Crippen LogP contribution >= 0.6 is 11.6 Å². The number of sulfone groups is 2. The number of epoxide rings is 1. The Kier molecular flexibility index (Phi) is 18.7. The second kappa shape index (κ2) is 23.5. The number of hydrogen-bond acceptors (Lipinski definition) is 17. The number of carbonyl (C=O) groups excluding carboxylic acids is 5. The molecule has 24 heteroatoms. The van der Waals surface area contributed by atoms with Gasteiger partial charge in [-0.25, -0.2) is 26.4 Å². The number of ether oxygens (including phenoxy) is 5. The van der Waals surface area contributed by atoms with Crippen LogP contribution in [0.4, 0.5) is 10.5 Å². The summed E-state index contributed by atoms with van der Waals surface area (Å²) in [5, 5.41) is 18.4. The van der Waals surface area contributed by atoms with Crippen molar-refractivity contribution in [1.29, 1.82) is 0 Å². The van der Waals surface area contributed by atoms with Crippen LogP contribution in [-0.4, -0.2) is 162 Å². The lowest BCUT2D eigenvalue weighted by atomic mass is 9.83. The van der Waals surface area contributed by atoms with Crippen molar-refractivity contribution in [2.45, 2.75) is 102 Å². The summed E-state index contributed by atoms with van der Waals surface area (Å²) < 4.78 is 78.3. The minimum Gasteiger partial charge on any atom is -0.495 e. The minimum atomic E-state index is -3.84. The van der Waals surface area contributed by atoms with Crippen LogP contribution in [0, 0.1) is 5.92 Å². The first-order chi connectivity index (χ1) is 33.6. The molecule has 2 aromatic rings. The number of benzene rings is 2. The van der Waals surface area contributed by atoms with Crippen LogP contribution in [0.5, 0.6) is 5.75 Å². The highest BCUT2D eigenvalue weighted by Crippen LogP contribution is 2.49. The fraction of sp³-hybridized carbons (Fsp3) is 0.542. The van der Waals surface area contributed by atoms with E-state index >= 15 is 0 Å². The zero-order valence-electron chi connectivity index (χ0n) is 41.7. The van der Waals surface area contributed by atoms with E-state index in [-0.39, 0.29) is 23.6 Å². The number of oxime groups is 1. The predicted octanol–water partition coefficient (Wildman–Crippen LogP) is 3.27. The summed E-state index contributed by atoms with van der Waals surface area (Å²) in [6.45, 7) is 7.99. The number of allylic oxidation sites excluding steroid dienone is 3. The Balaban J connectivity index is 1.33. The third kappa shape index (κ3) is 14.3. The number of fused-ring (bicyclic) bond motifs is 5. The molecular weight excluding hydrogens is 1000 g/mol. The summed E-state index contributed by atoms with van der Waals surface area (Å²) in [7, 11) is -1.84.